The zero-order chi connectivity index (χ0) is 24.6. The van der Waals surface area contributed by atoms with E-state index in [1.807, 2.05) is 38.2 Å². The minimum absolute atomic E-state index is 0.245. The van der Waals surface area contributed by atoms with Gasteiger partial charge < -0.3 is 11.1 Å². The molecule has 3 heterocycles. The van der Waals surface area contributed by atoms with Crippen molar-refractivity contribution < 1.29 is 8.42 Å². The second kappa shape index (κ2) is 9.26. The van der Waals surface area contributed by atoms with Crippen molar-refractivity contribution in [3.63, 3.8) is 0 Å². The van der Waals surface area contributed by atoms with Crippen LogP contribution in [-0.2, 0) is 22.9 Å². The smallest absolute Gasteiger partial charge is 0.186 e. The second-order valence-electron chi connectivity index (χ2n) is 9.16. The van der Waals surface area contributed by atoms with E-state index in [1.165, 1.54) is 6.33 Å². The molecular formula is C25H29N7O2S. The summed E-state index contributed by atoms with van der Waals surface area (Å²) < 4.78 is 27.5. The number of aryl methyl sites for hydroxylation is 2. The Morgan fingerprint density at radius 1 is 1.11 bits per heavy atom. The van der Waals surface area contributed by atoms with Gasteiger partial charge >= 0.3 is 0 Å². The highest BCUT2D eigenvalue weighted by molar-refractivity contribution is 7.92. The van der Waals surface area contributed by atoms with Crippen LogP contribution in [0.1, 0.15) is 48.1 Å². The third-order valence-corrected chi connectivity index (χ3v) is 8.99. The molecule has 0 bridgehead atoms. The van der Waals surface area contributed by atoms with Crippen molar-refractivity contribution in [2.75, 3.05) is 11.1 Å². The third-order valence-electron chi connectivity index (χ3n) is 6.71. The standard InChI is InChI=1S/C25H29N7O2S/c1-16-11-23(26)30-17(2)21(16)12-27-24-22-14-32(31-25(22)29-15-28-24)13-18-7-9-20(10-8-18)35(33,34)19-5-3-4-6-19/h7-11,14-15,19H,3-6,12-13H2,1-2H3,(H2,26,30)(H,27,28,29,31). The molecule has 9 nitrogen and oxygen atoms in total. The van der Waals surface area contributed by atoms with Crippen LogP contribution < -0.4 is 11.1 Å². The van der Waals surface area contributed by atoms with Crippen LogP contribution in [-0.4, -0.2) is 38.4 Å². The Kier molecular flexibility index (Phi) is 6.14. The third kappa shape index (κ3) is 4.70. The van der Waals surface area contributed by atoms with Gasteiger partial charge in [0.2, 0.25) is 0 Å². The molecule has 0 unspecified atom stereocenters. The summed E-state index contributed by atoms with van der Waals surface area (Å²) in [6, 6.07) is 9.01. The zero-order valence-electron chi connectivity index (χ0n) is 19.9. The Morgan fingerprint density at radius 3 is 2.57 bits per heavy atom. The van der Waals surface area contributed by atoms with Gasteiger partial charge in [-0.25, -0.2) is 23.4 Å². The van der Waals surface area contributed by atoms with Crippen LogP contribution in [0.4, 0.5) is 11.6 Å². The number of nitrogens with one attached hydrogen (secondary N) is 1. The number of pyridine rings is 1. The number of fused-ring (bicyclic) bond motifs is 1. The number of anilines is 2. The minimum Gasteiger partial charge on any atom is -0.384 e. The maximum Gasteiger partial charge on any atom is 0.186 e. The number of benzene rings is 1. The van der Waals surface area contributed by atoms with Crippen molar-refractivity contribution in [1.82, 2.24) is 24.7 Å². The van der Waals surface area contributed by atoms with Crippen LogP contribution in [0.3, 0.4) is 0 Å². The summed E-state index contributed by atoms with van der Waals surface area (Å²) in [5.74, 6) is 1.20. The normalized spacial score (nSPS) is 14.6. The van der Waals surface area contributed by atoms with Crippen molar-refractivity contribution in [2.24, 2.45) is 0 Å². The van der Waals surface area contributed by atoms with E-state index in [-0.39, 0.29) is 5.25 Å². The van der Waals surface area contributed by atoms with Crippen LogP contribution in [0.5, 0.6) is 0 Å². The predicted octanol–water partition coefficient (Wildman–Crippen LogP) is 3.80. The first-order valence-corrected chi connectivity index (χ1v) is 13.3. The molecule has 1 aliphatic rings. The first-order chi connectivity index (χ1) is 16.8. The van der Waals surface area contributed by atoms with Gasteiger partial charge in [-0.1, -0.05) is 25.0 Å². The highest BCUT2D eigenvalue weighted by atomic mass is 32.2. The van der Waals surface area contributed by atoms with Gasteiger partial charge in [-0.05, 0) is 61.6 Å². The summed E-state index contributed by atoms with van der Waals surface area (Å²) >= 11 is 0. The van der Waals surface area contributed by atoms with Crippen molar-refractivity contribution in [3.8, 4) is 0 Å². The molecule has 1 saturated carbocycles. The van der Waals surface area contributed by atoms with Gasteiger partial charge in [-0.2, -0.15) is 5.10 Å². The number of hydrogen-bond acceptors (Lipinski definition) is 8. The molecule has 1 aliphatic carbocycles. The molecule has 0 aliphatic heterocycles. The molecule has 1 fully saturated rings. The molecule has 35 heavy (non-hydrogen) atoms. The summed E-state index contributed by atoms with van der Waals surface area (Å²) in [4.78, 5) is 13.5. The van der Waals surface area contributed by atoms with Crippen molar-refractivity contribution in [1.29, 1.82) is 0 Å². The Balaban J connectivity index is 1.33. The lowest BCUT2D eigenvalue weighted by atomic mass is 10.1. The first-order valence-electron chi connectivity index (χ1n) is 11.8. The number of sulfone groups is 1. The quantitative estimate of drug-likeness (QED) is 0.399. The van der Waals surface area contributed by atoms with Crippen LogP contribution >= 0.6 is 0 Å². The minimum atomic E-state index is -3.25. The molecule has 182 valence electrons. The highest BCUT2D eigenvalue weighted by Gasteiger charge is 2.30. The van der Waals surface area contributed by atoms with Gasteiger partial charge in [-0.15, -0.1) is 0 Å². The van der Waals surface area contributed by atoms with Crippen molar-refractivity contribution in [2.45, 2.75) is 62.8 Å². The Labute approximate surface area is 204 Å². The largest absolute Gasteiger partial charge is 0.384 e. The topological polar surface area (TPSA) is 129 Å². The average Bonchev–Trinajstić information content (AvgIpc) is 3.49. The first kappa shape index (κ1) is 23.2. The number of aromatic nitrogens is 5. The van der Waals surface area contributed by atoms with Crippen LogP contribution in [0.25, 0.3) is 11.0 Å². The Hall–Kier alpha value is -3.53. The molecule has 0 saturated heterocycles. The van der Waals surface area contributed by atoms with E-state index < -0.39 is 9.84 Å². The molecular weight excluding hydrogens is 462 g/mol. The van der Waals surface area contributed by atoms with E-state index in [9.17, 15) is 8.42 Å². The Morgan fingerprint density at radius 2 is 1.86 bits per heavy atom. The number of rotatable bonds is 7. The summed E-state index contributed by atoms with van der Waals surface area (Å²) in [6.07, 6.45) is 6.90. The van der Waals surface area contributed by atoms with Gasteiger partial charge in [0, 0.05) is 18.4 Å². The summed E-state index contributed by atoms with van der Waals surface area (Å²) in [5, 5.41) is 8.53. The van der Waals surface area contributed by atoms with Gasteiger partial charge in [0.05, 0.1) is 22.1 Å². The van der Waals surface area contributed by atoms with Crippen molar-refractivity contribution in [3.05, 3.63) is 65.2 Å². The summed E-state index contributed by atoms with van der Waals surface area (Å²) in [7, 11) is -3.25. The van der Waals surface area contributed by atoms with Crippen LogP contribution in [0.2, 0.25) is 0 Å². The summed E-state index contributed by atoms with van der Waals surface area (Å²) in [6.45, 7) is 5.01. The van der Waals surface area contributed by atoms with E-state index in [0.717, 1.165) is 53.5 Å². The Bertz CT molecular complexity index is 1450. The molecule has 0 spiro atoms. The van der Waals surface area contributed by atoms with Crippen LogP contribution in [0.15, 0.2) is 47.8 Å². The number of nitrogens with zero attached hydrogens (tertiary/aromatic N) is 5. The highest BCUT2D eigenvalue weighted by Crippen LogP contribution is 2.30. The van der Waals surface area contributed by atoms with E-state index in [4.69, 9.17) is 5.73 Å². The van der Waals surface area contributed by atoms with Gasteiger partial charge in [-0.3, -0.25) is 4.68 Å². The fourth-order valence-corrected chi connectivity index (χ4v) is 6.65. The van der Waals surface area contributed by atoms with E-state index in [1.54, 1.807) is 16.8 Å². The molecule has 0 radical (unpaired) electrons. The molecule has 0 amide bonds. The fraction of sp³-hybridized carbons (Fsp3) is 0.360. The molecule has 3 N–H and O–H groups in total. The molecule has 3 aromatic heterocycles. The SMILES string of the molecule is Cc1cc(N)nc(C)c1CNc1ncnc2nn(Cc3ccc(S(=O)(=O)C4CCCC4)cc3)cc12. The second-order valence-corrected chi connectivity index (χ2v) is 11.4. The van der Waals surface area contributed by atoms with E-state index in [2.05, 4.69) is 25.4 Å². The lowest BCUT2D eigenvalue weighted by Crippen LogP contribution is -2.17. The van der Waals surface area contributed by atoms with E-state index in [0.29, 0.717) is 35.3 Å². The zero-order valence-corrected chi connectivity index (χ0v) is 20.7. The molecule has 4 aromatic rings. The summed E-state index contributed by atoms with van der Waals surface area (Å²) in [5.41, 5.74) is 10.4. The maximum absolute atomic E-state index is 12.8. The molecule has 0 atom stereocenters. The number of nitrogen functional groups attached to an aromatic ring is 1. The van der Waals surface area contributed by atoms with E-state index >= 15 is 0 Å². The lowest BCUT2D eigenvalue weighted by molar-refractivity contribution is 0.579. The van der Waals surface area contributed by atoms with Gasteiger partial charge in [0.1, 0.15) is 18.0 Å². The monoisotopic (exact) mass is 491 g/mol. The van der Waals surface area contributed by atoms with Crippen molar-refractivity contribution >= 4 is 32.5 Å². The molecule has 1 aromatic carbocycles. The molecule has 10 heteroatoms. The van der Waals surface area contributed by atoms with Crippen LogP contribution in [0, 0.1) is 13.8 Å². The number of nitrogens with two attached hydrogens (primary N) is 1. The average molecular weight is 492 g/mol. The fourth-order valence-electron chi connectivity index (χ4n) is 4.80. The van der Waals surface area contributed by atoms with Gasteiger partial charge in [0.25, 0.3) is 0 Å². The van der Waals surface area contributed by atoms with Gasteiger partial charge in [0.15, 0.2) is 15.5 Å². The maximum atomic E-state index is 12.8. The lowest BCUT2D eigenvalue weighted by Gasteiger charge is -2.12. The molecule has 5 rings (SSSR count). The predicted molar refractivity (Wildman–Crippen MR) is 136 cm³/mol. The number of hydrogen-bond donors (Lipinski definition) is 2.